The highest BCUT2D eigenvalue weighted by molar-refractivity contribution is 5.85. The summed E-state index contributed by atoms with van der Waals surface area (Å²) in [5.74, 6) is 0. The number of nitrogens with zero attached hydrogens (tertiary/aromatic N) is 1. The number of rotatable bonds is 4. The first-order chi connectivity index (χ1) is 9.34. The van der Waals surface area contributed by atoms with Crippen LogP contribution in [0, 0.1) is 0 Å². The summed E-state index contributed by atoms with van der Waals surface area (Å²) < 4.78 is 40.4. The minimum absolute atomic E-state index is 0.118. The van der Waals surface area contributed by atoms with E-state index in [4.69, 9.17) is 5.73 Å². The number of nitrogens with two attached hydrogens (primary N) is 1. The van der Waals surface area contributed by atoms with E-state index in [0.29, 0.717) is 12.1 Å². The molecule has 0 spiro atoms. The molecule has 2 nitrogen and oxygen atoms in total. The molecule has 1 aromatic carbocycles. The van der Waals surface area contributed by atoms with Crippen molar-refractivity contribution in [3.63, 3.8) is 0 Å². The average Bonchev–Trinajstić information content (AvgIpc) is 2.73. The first kappa shape index (κ1) is 14.9. The Hall–Kier alpha value is -1.49. The molecule has 0 amide bonds. The summed E-state index contributed by atoms with van der Waals surface area (Å²) in [5, 5.41) is 0.889. The molecule has 0 radical (unpaired) electrons. The van der Waals surface area contributed by atoms with Gasteiger partial charge in [-0.2, -0.15) is 13.2 Å². The first-order valence-electron chi connectivity index (χ1n) is 6.75. The Morgan fingerprint density at radius 1 is 1.25 bits per heavy atom. The van der Waals surface area contributed by atoms with E-state index in [1.807, 2.05) is 24.6 Å². The Balaban J connectivity index is 2.58. The van der Waals surface area contributed by atoms with Gasteiger partial charge in [-0.3, -0.25) is 0 Å². The standard InChI is InChI=1S/C15H19F3N2/c1-10(2)20-9-11(4-3-7-19)13-6-5-12(8-14(13)20)15(16,17)18/h5-6,8-10H,3-4,7,19H2,1-2H3. The maximum atomic E-state index is 12.8. The van der Waals surface area contributed by atoms with E-state index < -0.39 is 11.7 Å². The van der Waals surface area contributed by atoms with Gasteiger partial charge in [-0.25, -0.2) is 0 Å². The van der Waals surface area contributed by atoms with Crippen LogP contribution in [0.2, 0.25) is 0 Å². The van der Waals surface area contributed by atoms with E-state index in [9.17, 15) is 13.2 Å². The van der Waals surface area contributed by atoms with Crippen molar-refractivity contribution in [2.45, 2.75) is 38.9 Å². The number of aromatic nitrogens is 1. The first-order valence-corrected chi connectivity index (χ1v) is 6.75. The fourth-order valence-corrected chi connectivity index (χ4v) is 2.42. The van der Waals surface area contributed by atoms with Gasteiger partial charge in [-0.1, -0.05) is 6.07 Å². The zero-order valence-corrected chi connectivity index (χ0v) is 11.7. The Bertz CT molecular complexity index is 597. The van der Waals surface area contributed by atoms with Gasteiger partial charge in [-0.05, 0) is 50.9 Å². The van der Waals surface area contributed by atoms with Crippen molar-refractivity contribution in [1.29, 1.82) is 0 Å². The minimum Gasteiger partial charge on any atom is -0.345 e. The minimum atomic E-state index is -4.31. The van der Waals surface area contributed by atoms with Crippen LogP contribution in [0.15, 0.2) is 24.4 Å². The fourth-order valence-electron chi connectivity index (χ4n) is 2.42. The van der Waals surface area contributed by atoms with Gasteiger partial charge in [0.15, 0.2) is 0 Å². The van der Waals surface area contributed by atoms with Gasteiger partial charge < -0.3 is 10.3 Å². The largest absolute Gasteiger partial charge is 0.416 e. The third-order valence-electron chi connectivity index (χ3n) is 3.45. The van der Waals surface area contributed by atoms with Crippen molar-refractivity contribution in [2.24, 2.45) is 5.73 Å². The third-order valence-corrected chi connectivity index (χ3v) is 3.45. The van der Waals surface area contributed by atoms with Gasteiger partial charge in [0.1, 0.15) is 0 Å². The van der Waals surface area contributed by atoms with Crippen molar-refractivity contribution >= 4 is 10.9 Å². The number of halogens is 3. The van der Waals surface area contributed by atoms with E-state index in [-0.39, 0.29) is 6.04 Å². The maximum absolute atomic E-state index is 12.8. The monoisotopic (exact) mass is 284 g/mol. The van der Waals surface area contributed by atoms with Gasteiger partial charge in [0.2, 0.25) is 0 Å². The van der Waals surface area contributed by atoms with E-state index in [1.54, 1.807) is 6.07 Å². The van der Waals surface area contributed by atoms with Gasteiger partial charge >= 0.3 is 6.18 Å². The molecule has 0 aliphatic carbocycles. The van der Waals surface area contributed by atoms with Crippen LogP contribution in [-0.2, 0) is 12.6 Å². The van der Waals surface area contributed by atoms with Crippen molar-refractivity contribution in [3.05, 3.63) is 35.5 Å². The van der Waals surface area contributed by atoms with Crippen LogP contribution >= 0.6 is 0 Å². The van der Waals surface area contributed by atoms with E-state index in [0.717, 1.165) is 29.9 Å². The van der Waals surface area contributed by atoms with Crippen molar-refractivity contribution in [2.75, 3.05) is 6.54 Å². The summed E-state index contributed by atoms with van der Waals surface area (Å²) in [6.07, 6.45) is -0.737. The number of hydrogen-bond acceptors (Lipinski definition) is 1. The van der Waals surface area contributed by atoms with Gasteiger partial charge in [0.25, 0.3) is 0 Å². The molecule has 0 bridgehead atoms. The summed E-state index contributed by atoms with van der Waals surface area (Å²) >= 11 is 0. The normalized spacial score (nSPS) is 12.6. The SMILES string of the molecule is CC(C)n1cc(CCCN)c2ccc(C(F)(F)F)cc21. The van der Waals surface area contributed by atoms with Crippen molar-refractivity contribution < 1.29 is 13.2 Å². The highest BCUT2D eigenvalue weighted by Crippen LogP contribution is 2.34. The Morgan fingerprint density at radius 3 is 2.50 bits per heavy atom. The molecule has 110 valence electrons. The Morgan fingerprint density at radius 2 is 1.95 bits per heavy atom. The van der Waals surface area contributed by atoms with Gasteiger partial charge in [0.05, 0.1) is 5.56 Å². The highest BCUT2D eigenvalue weighted by atomic mass is 19.4. The summed E-state index contributed by atoms with van der Waals surface area (Å²) in [7, 11) is 0. The topological polar surface area (TPSA) is 30.9 Å². The predicted octanol–water partition coefficient (Wildman–Crippen LogP) is 4.13. The molecule has 0 atom stereocenters. The molecule has 5 heteroatoms. The Labute approximate surface area is 116 Å². The van der Waals surface area contributed by atoms with Crippen LogP contribution in [0.4, 0.5) is 13.2 Å². The van der Waals surface area contributed by atoms with E-state index in [2.05, 4.69) is 0 Å². The van der Waals surface area contributed by atoms with Crippen LogP contribution < -0.4 is 5.73 Å². The van der Waals surface area contributed by atoms with Gasteiger partial charge in [-0.15, -0.1) is 0 Å². The van der Waals surface area contributed by atoms with E-state index >= 15 is 0 Å². The molecule has 0 fully saturated rings. The lowest BCUT2D eigenvalue weighted by Crippen LogP contribution is -2.05. The van der Waals surface area contributed by atoms with Crippen LogP contribution in [0.1, 0.15) is 37.4 Å². The molecule has 0 unspecified atom stereocenters. The highest BCUT2D eigenvalue weighted by Gasteiger charge is 2.31. The third kappa shape index (κ3) is 2.82. The molecule has 0 aliphatic rings. The lowest BCUT2D eigenvalue weighted by Gasteiger charge is -2.11. The van der Waals surface area contributed by atoms with Crippen LogP contribution in [0.25, 0.3) is 10.9 Å². The molecule has 0 saturated carbocycles. The summed E-state index contributed by atoms with van der Waals surface area (Å²) in [6, 6.07) is 4.08. The smallest absolute Gasteiger partial charge is 0.345 e. The molecule has 2 N–H and O–H groups in total. The quantitative estimate of drug-likeness (QED) is 0.899. The molecule has 2 aromatic rings. The number of alkyl halides is 3. The zero-order valence-electron chi connectivity index (χ0n) is 11.7. The number of aryl methyl sites for hydroxylation is 1. The van der Waals surface area contributed by atoms with Gasteiger partial charge in [0, 0.05) is 23.1 Å². The van der Waals surface area contributed by atoms with Crippen LogP contribution in [0.5, 0.6) is 0 Å². The number of hydrogen-bond donors (Lipinski definition) is 1. The second-order valence-electron chi connectivity index (χ2n) is 5.28. The van der Waals surface area contributed by atoms with Crippen molar-refractivity contribution in [1.82, 2.24) is 4.57 Å². The van der Waals surface area contributed by atoms with Crippen LogP contribution in [-0.4, -0.2) is 11.1 Å². The molecule has 0 aliphatic heterocycles. The molecule has 1 aromatic heterocycles. The average molecular weight is 284 g/mol. The zero-order chi connectivity index (χ0) is 14.9. The number of fused-ring (bicyclic) bond motifs is 1. The Kier molecular flexibility index (Phi) is 4.09. The predicted molar refractivity (Wildman–Crippen MR) is 74.7 cm³/mol. The fraction of sp³-hybridized carbons (Fsp3) is 0.467. The summed E-state index contributed by atoms with van der Waals surface area (Å²) in [4.78, 5) is 0. The molecular formula is C15H19F3N2. The summed E-state index contributed by atoms with van der Waals surface area (Å²) in [5.41, 5.74) is 6.61. The summed E-state index contributed by atoms with van der Waals surface area (Å²) in [6.45, 7) is 4.51. The van der Waals surface area contributed by atoms with Crippen LogP contribution in [0.3, 0.4) is 0 Å². The molecule has 20 heavy (non-hydrogen) atoms. The second-order valence-corrected chi connectivity index (χ2v) is 5.28. The van der Waals surface area contributed by atoms with Crippen molar-refractivity contribution in [3.8, 4) is 0 Å². The number of benzene rings is 1. The second kappa shape index (κ2) is 5.48. The maximum Gasteiger partial charge on any atom is 0.416 e. The lowest BCUT2D eigenvalue weighted by molar-refractivity contribution is -0.137. The molecule has 1 heterocycles. The lowest BCUT2D eigenvalue weighted by atomic mass is 10.1. The molecular weight excluding hydrogens is 265 g/mol. The molecule has 2 rings (SSSR count). The van der Waals surface area contributed by atoms with E-state index in [1.165, 1.54) is 6.07 Å². The molecule has 0 saturated heterocycles.